The van der Waals surface area contributed by atoms with E-state index in [9.17, 15) is 24.9 Å². The molecule has 92 valence electrons. The van der Waals surface area contributed by atoms with Gasteiger partial charge in [0.1, 0.15) is 0 Å². The number of rotatable bonds is 3. The monoisotopic (exact) mass is 315 g/mol. The number of aryl methyl sites for hydroxylation is 2. The van der Waals surface area contributed by atoms with Gasteiger partial charge in [0.25, 0.3) is 0 Å². The molecule has 19 heavy (non-hydrogen) atoms. The van der Waals surface area contributed by atoms with E-state index in [1.165, 1.54) is 12.1 Å². The van der Waals surface area contributed by atoms with Crippen LogP contribution < -0.4 is 119 Å². The molecule has 0 aromatic heterocycles. The van der Waals surface area contributed by atoms with Gasteiger partial charge in [0.2, 0.25) is 0 Å². The number of hydrogen-bond acceptors (Lipinski definition) is 6. The number of carboxylic acids is 2. The number of aliphatic hydroxyl groups is 1. The summed E-state index contributed by atoms with van der Waals surface area (Å²) in [5, 5.41) is 31.1. The van der Waals surface area contributed by atoms with Crippen LogP contribution in [0.3, 0.4) is 0 Å². The Labute approximate surface area is 195 Å². The number of carbonyl (C=O) groups excluding carboxylic acids is 2. The van der Waals surface area contributed by atoms with Crippen molar-refractivity contribution in [1.29, 1.82) is 0 Å². The molecule has 0 saturated heterocycles. The van der Waals surface area contributed by atoms with Crippen LogP contribution in [0.15, 0.2) is 12.1 Å². The minimum atomic E-state index is -3.18. The van der Waals surface area contributed by atoms with Crippen molar-refractivity contribution in [2.75, 3.05) is 5.73 Å². The van der Waals surface area contributed by atoms with E-state index in [0.717, 1.165) is 0 Å². The second kappa shape index (κ2) is 8.59. The van der Waals surface area contributed by atoms with Crippen LogP contribution in [0.25, 0.3) is 0 Å². The molecular formula is C11H11K2NO5. The number of anilines is 1. The Bertz CT molecular complexity index is 467. The second-order valence-corrected chi connectivity index (χ2v) is 3.81. The Balaban J connectivity index is 0. The van der Waals surface area contributed by atoms with Crippen molar-refractivity contribution >= 4 is 17.6 Å². The van der Waals surface area contributed by atoms with Crippen LogP contribution in [0.4, 0.5) is 5.69 Å². The molecule has 0 aliphatic heterocycles. The summed E-state index contributed by atoms with van der Waals surface area (Å²) < 4.78 is 0. The molecule has 6 nitrogen and oxygen atoms in total. The maximum absolute atomic E-state index is 10.8. The van der Waals surface area contributed by atoms with Crippen molar-refractivity contribution in [3.8, 4) is 0 Å². The molecule has 0 aliphatic rings. The molecule has 3 N–H and O–H groups in total. The van der Waals surface area contributed by atoms with Gasteiger partial charge in [-0.3, -0.25) is 0 Å². The zero-order valence-electron chi connectivity index (χ0n) is 11.3. The minimum Gasteiger partial charge on any atom is -0.546 e. The summed E-state index contributed by atoms with van der Waals surface area (Å²) in [6.45, 7) is 3.13. The van der Waals surface area contributed by atoms with E-state index < -0.39 is 17.5 Å². The van der Waals surface area contributed by atoms with Crippen molar-refractivity contribution in [2.45, 2.75) is 19.4 Å². The number of hydrogen-bond donors (Lipinski definition) is 2. The van der Waals surface area contributed by atoms with Crippen molar-refractivity contribution in [3.05, 3.63) is 28.8 Å². The third-order valence-corrected chi connectivity index (χ3v) is 2.60. The largest absolute Gasteiger partial charge is 1.00 e. The fourth-order valence-electron chi connectivity index (χ4n) is 1.50. The Hall–Kier alpha value is 1.19. The number of carbonyl (C=O) groups is 2. The molecule has 0 unspecified atom stereocenters. The van der Waals surface area contributed by atoms with E-state index in [0.29, 0.717) is 16.8 Å². The molecule has 0 spiro atoms. The van der Waals surface area contributed by atoms with Crippen molar-refractivity contribution in [2.24, 2.45) is 0 Å². The van der Waals surface area contributed by atoms with Gasteiger partial charge in [-0.25, -0.2) is 0 Å². The minimum absolute atomic E-state index is 0. The molecule has 0 amide bonds. The van der Waals surface area contributed by atoms with Gasteiger partial charge in [0.15, 0.2) is 5.60 Å². The van der Waals surface area contributed by atoms with Gasteiger partial charge in [-0.05, 0) is 30.5 Å². The molecule has 0 aliphatic carbocycles. The van der Waals surface area contributed by atoms with Crippen LogP contribution in [0.5, 0.6) is 0 Å². The first-order chi connectivity index (χ1) is 7.71. The normalized spacial score (nSPS) is 10.1. The average Bonchev–Trinajstić information content (AvgIpc) is 2.23. The fourth-order valence-corrected chi connectivity index (χ4v) is 1.50. The standard InChI is InChI=1S/C11H13NO5.2K/c1-5-3-7(4-6(2)8(5)12)11(17,9(13)14)10(15)16;;/h3-4,17H,12H2,1-2H3,(H,13,14)(H,15,16);;/q;2*+1/p-2. The molecule has 0 saturated carbocycles. The van der Waals surface area contributed by atoms with E-state index in [4.69, 9.17) is 5.73 Å². The van der Waals surface area contributed by atoms with E-state index in [2.05, 4.69) is 0 Å². The Kier molecular flexibility index (Phi) is 10.2. The van der Waals surface area contributed by atoms with Crippen LogP contribution in [0.2, 0.25) is 0 Å². The van der Waals surface area contributed by atoms with E-state index in [-0.39, 0.29) is 108 Å². The van der Waals surface area contributed by atoms with E-state index in [1.807, 2.05) is 0 Å². The fraction of sp³-hybridized carbons (Fsp3) is 0.273. The molecule has 0 fully saturated rings. The zero-order valence-corrected chi connectivity index (χ0v) is 17.6. The van der Waals surface area contributed by atoms with Gasteiger partial charge >= 0.3 is 103 Å². The molecule has 1 aromatic rings. The Morgan fingerprint density at radius 1 is 1.11 bits per heavy atom. The van der Waals surface area contributed by atoms with Crippen LogP contribution in [0, 0.1) is 13.8 Å². The molecule has 1 rings (SSSR count). The van der Waals surface area contributed by atoms with Crippen LogP contribution in [0.1, 0.15) is 16.7 Å². The van der Waals surface area contributed by atoms with Crippen LogP contribution in [-0.4, -0.2) is 17.0 Å². The quantitative estimate of drug-likeness (QED) is 0.324. The van der Waals surface area contributed by atoms with Crippen molar-refractivity contribution < 1.29 is 128 Å². The summed E-state index contributed by atoms with van der Waals surface area (Å²) in [5.41, 5.74) is 3.43. The van der Waals surface area contributed by atoms with Crippen molar-refractivity contribution in [1.82, 2.24) is 0 Å². The molecule has 0 radical (unpaired) electrons. The van der Waals surface area contributed by atoms with Gasteiger partial charge < -0.3 is 30.6 Å². The van der Waals surface area contributed by atoms with Gasteiger partial charge in [-0.15, -0.1) is 0 Å². The predicted octanol–water partition coefficient (Wildman–Crippen LogP) is -8.42. The topological polar surface area (TPSA) is 127 Å². The number of carboxylic acid groups (broad SMARTS) is 2. The summed E-state index contributed by atoms with van der Waals surface area (Å²) in [6, 6.07) is 2.35. The van der Waals surface area contributed by atoms with E-state index in [1.54, 1.807) is 13.8 Å². The molecule has 0 heterocycles. The first kappa shape index (κ1) is 22.5. The summed E-state index contributed by atoms with van der Waals surface area (Å²) >= 11 is 0. The number of nitrogen functional groups attached to an aromatic ring is 1. The third kappa shape index (κ3) is 4.58. The zero-order chi connectivity index (χ0) is 13.4. The smallest absolute Gasteiger partial charge is 0.546 e. The SMILES string of the molecule is Cc1cc(C(O)(C(=O)[O-])C(=O)[O-])cc(C)c1N.[K+].[K+]. The van der Waals surface area contributed by atoms with Crippen molar-refractivity contribution in [3.63, 3.8) is 0 Å². The van der Waals surface area contributed by atoms with Crippen LogP contribution >= 0.6 is 0 Å². The number of benzene rings is 1. The van der Waals surface area contributed by atoms with Gasteiger partial charge in [-0.2, -0.15) is 0 Å². The molecule has 8 heteroatoms. The Morgan fingerprint density at radius 2 is 1.42 bits per heavy atom. The molecule has 1 aromatic carbocycles. The molecule has 0 atom stereocenters. The maximum atomic E-state index is 10.8. The molecule has 0 bridgehead atoms. The summed E-state index contributed by atoms with van der Waals surface area (Å²) in [5.74, 6) is -4.30. The first-order valence-corrected chi connectivity index (χ1v) is 4.73. The summed E-state index contributed by atoms with van der Waals surface area (Å²) in [7, 11) is 0. The first-order valence-electron chi connectivity index (χ1n) is 4.73. The van der Waals surface area contributed by atoms with Gasteiger partial charge in [-0.1, -0.05) is 12.1 Å². The summed E-state index contributed by atoms with van der Waals surface area (Å²) in [6.07, 6.45) is 0. The van der Waals surface area contributed by atoms with Crippen LogP contribution in [-0.2, 0) is 15.2 Å². The number of nitrogens with two attached hydrogens (primary N) is 1. The average molecular weight is 315 g/mol. The van der Waals surface area contributed by atoms with Gasteiger partial charge in [0.05, 0.1) is 11.9 Å². The van der Waals surface area contributed by atoms with E-state index >= 15 is 0 Å². The third-order valence-electron chi connectivity index (χ3n) is 2.60. The Morgan fingerprint density at radius 3 is 1.68 bits per heavy atom. The maximum Gasteiger partial charge on any atom is 1.00 e. The summed E-state index contributed by atoms with van der Waals surface area (Å²) in [4.78, 5) is 21.5. The van der Waals surface area contributed by atoms with Gasteiger partial charge in [0, 0.05) is 5.69 Å². The predicted molar refractivity (Wildman–Crippen MR) is 54.2 cm³/mol. The number of aliphatic carboxylic acids is 2. The second-order valence-electron chi connectivity index (χ2n) is 3.81. The molecular weight excluding hydrogens is 304 g/mol.